The first kappa shape index (κ1) is 14.7. The predicted molar refractivity (Wildman–Crippen MR) is 87.3 cm³/mol. The Balaban J connectivity index is 1.78. The number of hydrogen-bond acceptors (Lipinski definition) is 2. The van der Waals surface area contributed by atoms with Gasteiger partial charge < -0.3 is 5.11 Å². The SMILES string of the molecule is CC1(C)CCC2=C1CC(O)C1C2CCC2=CC(=O)CCC21C. The van der Waals surface area contributed by atoms with Gasteiger partial charge in [-0.2, -0.15) is 0 Å². The number of fused-ring (bicyclic) bond motifs is 4. The van der Waals surface area contributed by atoms with Crippen LogP contribution in [0.2, 0.25) is 0 Å². The minimum atomic E-state index is -0.233. The maximum Gasteiger partial charge on any atom is 0.155 e. The monoisotopic (exact) mass is 300 g/mol. The summed E-state index contributed by atoms with van der Waals surface area (Å²) in [4.78, 5) is 11.8. The molecule has 0 radical (unpaired) electrons. The third-order valence-corrected chi connectivity index (χ3v) is 7.35. The van der Waals surface area contributed by atoms with E-state index in [1.165, 1.54) is 18.4 Å². The van der Waals surface area contributed by atoms with Crippen molar-refractivity contribution in [2.75, 3.05) is 0 Å². The van der Waals surface area contributed by atoms with Crippen molar-refractivity contribution in [2.24, 2.45) is 22.7 Å². The molecule has 0 amide bonds. The van der Waals surface area contributed by atoms with E-state index in [0.717, 1.165) is 25.7 Å². The molecule has 4 rings (SSSR count). The van der Waals surface area contributed by atoms with Gasteiger partial charge in [-0.05, 0) is 61.3 Å². The Labute approximate surface area is 133 Å². The Morgan fingerprint density at radius 1 is 1.14 bits per heavy atom. The van der Waals surface area contributed by atoms with Crippen LogP contribution in [-0.2, 0) is 4.79 Å². The Kier molecular flexibility index (Phi) is 3.05. The van der Waals surface area contributed by atoms with Crippen LogP contribution in [0.15, 0.2) is 22.8 Å². The second kappa shape index (κ2) is 4.56. The molecule has 0 aliphatic heterocycles. The fraction of sp³-hybridized carbons (Fsp3) is 0.750. The molecule has 4 aliphatic carbocycles. The molecule has 22 heavy (non-hydrogen) atoms. The van der Waals surface area contributed by atoms with Gasteiger partial charge in [-0.3, -0.25) is 4.79 Å². The van der Waals surface area contributed by atoms with Crippen molar-refractivity contribution in [1.82, 2.24) is 0 Å². The van der Waals surface area contributed by atoms with E-state index in [0.29, 0.717) is 18.3 Å². The molecule has 2 heteroatoms. The molecule has 2 nitrogen and oxygen atoms in total. The van der Waals surface area contributed by atoms with Crippen molar-refractivity contribution in [2.45, 2.75) is 71.8 Å². The van der Waals surface area contributed by atoms with Gasteiger partial charge in [0.15, 0.2) is 5.78 Å². The summed E-state index contributed by atoms with van der Waals surface area (Å²) in [5, 5.41) is 11.0. The van der Waals surface area contributed by atoms with Crippen molar-refractivity contribution in [3.63, 3.8) is 0 Å². The Hall–Kier alpha value is -0.890. The molecule has 1 fully saturated rings. The number of carbonyl (C=O) groups is 1. The highest BCUT2D eigenvalue weighted by atomic mass is 16.3. The molecule has 4 atom stereocenters. The molecule has 0 bridgehead atoms. The Morgan fingerprint density at radius 3 is 2.68 bits per heavy atom. The van der Waals surface area contributed by atoms with Crippen LogP contribution in [0.4, 0.5) is 0 Å². The lowest BCUT2D eigenvalue weighted by Crippen LogP contribution is -2.49. The maximum absolute atomic E-state index is 11.8. The fourth-order valence-electron chi connectivity index (χ4n) is 6.07. The van der Waals surface area contributed by atoms with Crippen molar-refractivity contribution < 1.29 is 9.90 Å². The predicted octanol–water partition coefficient (Wildman–Crippen LogP) is 4.19. The molecule has 0 aromatic carbocycles. The number of rotatable bonds is 0. The molecule has 0 spiro atoms. The number of aliphatic hydroxyl groups excluding tert-OH is 1. The second-order valence-corrected chi connectivity index (χ2v) is 8.88. The van der Waals surface area contributed by atoms with Gasteiger partial charge in [-0.25, -0.2) is 0 Å². The molecule has 1 N–H and O–H groups in total. The standard InChI is InChI=1S/C20H28O2/c1-19(2)8-7-14-15-5-4-12-10-13(21)6-9-20(12,3)18(15)17(22)11-16(14)19/h10,15,17-18,22H,4-9,11H2,1-3H3. The molecule has 0 aromatic rings. The summed E-state index contributed by atoms with van der Waals surface area (Å²) in [6.07, 6.45) is 8.78. The van der Waals surface area contributed by atoms with E-state index in [-0.39, 0.29) is 22.7 Å². The van der Waals surface area contributed by atoms with Crippen LogP contribution in [0.25, 0.3) is 0 Å². The van der Waals surface area contributed by atoms with Crippen molar-refractivity contribution in [3.8, 4) is 0 Å². The van der Waals surface area contributed by atoms with E-state index in [2.05, 4.69) is 20.8 Å². The normalized spacial score (nSPS) is 43.4. The smallest absolute Gasteiger partial charge is 0.155 e. The molecule has 4 aliphatic rings. The van der Waals surface area contributed by atoms with E-state index in [4.69, 9.17) is 0 Å². The zero-order valence-electron chi connectivity index (χ0n) is 14.1. The van der Waals surface area contributed by atoms with Gasteiger partial charge in [0.1, 0.15) is 0 Å². The Bertz CT molecular complexity index is 595. The van der Waals surface area contributed by atoms with Gasteiger partial charge in [0.05, 0.1) is 6.10 Å². The summed E-state index contributed by atoms with van der Waals surface area (Å²) in [5.74, 6) is 1.17. The molecule has 4 unspecified atom stereocenters. The first-order valence-electron chi connectivity index (χ1n) is 8.97. The summed E-state index contributed by atoms with van der Waals surface area (Å²) in [7, 11) is 0. The van der Waals surface area contributed by atoms with E-state index in [1.807, 2.05) is 6.08 Å². The number of hydrogen-bond donors (Lipinski definition) is 1. The zero-order chi connectivity index (χ0) is 15.7. The van der Waals surface area contributed by atoms with E-state index in [9.17, 15) is 9.90 Å². The molecular formula is C20H28O2. The van der Waals surface area contributed by atoms with Crippen LogP contribution in [0.5, 0.6) is 0 Å². The lowest BCUT2D eigenvalue weighted by molar-refractivity contribution is -0.117. The third kappa shape index (κ3) is 1.86. The van der Waals surface area contributed by atoms with Crippen LogP contribution in [0, 0.1) is 22.7 Å². The lowest BCUT2D eigenvalue weighted by Gasteiger charge is -2.54. The van der Waals surface area contributed by atoms with Gasteiger partial charge >= 0.3 is 0 Å². The highest BCUT2D eigenvalue weighted by molar-refractivity contribution is 5.91. The minimum Gasteiger partial charge on any atom is -0.392 e. The largest absolute Gasteiger partial charge is 0.392 e. The van der Waals surface area contributed by atoms with Gasteiger partial charge in [0, 0.05) is 12.3 Å². The van der Waals surface area contributed by atoms with Crippen LogP contribution in [0.3, 0.4) is 0 Å². The molecule has 0 saturated heterocycles. The summed E-state index contributed by atoms with van der Waals surface area (Å²) < 4.78 is 0. The van der Waals surface area contributed by atoms with Gasteiger partial charge in [-0.1, -0.05) is 37.5 Å². The molecule has 1 saturated carbocycles. The number of ketones is 1. The quantitative estimate of drug-likeness (QED) is 0.681. The highest BCUT2D eigenvalue weighted by Crippen LogP contribution is 2.62. The van der Waals surface area contributed by atoms with Gasteiger partial charge in [0.25, 0.3) is 0 Å². The number of allylic oxidation sites excluding steroid dienone is 3. The lowest BCUT2D eigenvalue weighted by atomic mass is 9.51. The minimum absolute atomic E-state index is 0.0432. The first-order valence-corrected chi connectivity index (χ1v) is 8.97. The first-order chi connectivity index (χ1) is 10.3. The van der Waals surface area contributed by atoms with Gasteiger partial charge in [-0.15, -0.1) is 0 Å². The topological polar surface area (TPSA) is 37.3 Å². The Morgan fingerprint density at radius 2 is 1.91 bits per heavy atom. The molecule has 120 valence electrons. The second-order valence-electron chi connectivity index (χ2n) is 8.88. The van der Waals surface area contributed by atoms with Crippen LogP contribution in [-0.4, -0.2) is 17.0 Å². The summed E-state index contributed by atoms with van der Waals surface area (Å²) in [6, 6.07) is 0. The van der Waals surface area contributed by atoms with Crippen LogP contribution >= 0.6 is 0 Å². The molecular weight excluding hydrogens is 272 g/mol. The average Bonchev–Trinajstić information content (AvgIpc) is 2.75. The summed E-state index contributed by atoms with van der Waals surface area (Å²) in [6.45, 7) is 7.01. The average molecular weight is 300 g/mol. The number of aliphatic hydroxyl groups is 1. The van der Waals surface area contributed by atoms with Crippen molar-refractivity contribution >= 4 is 5.78 Å². The van der Waals surface area contributed by atoms with Crippen LogP contribution in [0.1, 0.15) is 65.7 Å². The van der Waals surface area contributed by atoms with E-state index in [1.54, 1.807) is 11.1 Å². The van der Waals surface area contributed by atoms with Crippen molar-refractivity contribution in [1.29, 1.82) is 0 Å². The highest BCUT2D eigenvalue weighted by Gasteiger charge is 2.54. The van der Waals surface area contributed by atoms with Gasteiger partial charge in [0.2, 0.25) is 0 Å². The van der Waals surface area contributed by atoms with Crippen molar-refractivity contribution in [3.05, 3.63) is 22.8 Å². The molecule has 0 aromatic heterocycles. The number of carbonyl (C=O) groups excluding carboxylic acids is 1. The summed E-state index contributed by atoms with van der Waals surface area (Å²) >= 11 is 0. The third-order valence-electron chi connectivity index (χ3n) is 7.35. The maximum atomic E-state index is 11.8. The summed E-state index contributed by atoms with van der Waals surface area (Å²) in [5.41, 5.74) is 4.88. The van der Waals surface area contributed by atoms with E-state index < -0.39 is 0 Å². The zero-order valence-corrected chi connectivity index (χ0v) is 14.1. The molecule has 0 heterocycles. The van der Waals surface area contributed by atoms with E-state index >= 15 is 0 Å². The van der Waals surface area contributed by atoms with Crippen LogP contribution < -0.4 is 0 Å². The fourth-order valence-corrected chi connectivity index (χ4v) is 6.07.